The van der Waals surface area contributed by atoms with Gasteiger partial charge in [-0.25, -0.2) is 0 Å². The minimum absolute atomic E-state index is 0.209. The number of thioether (sulfide) groups is 1. The van der Waals surface area contributed by atoms with Gasteiger partial charge in [0.2, 0.25) is 11.9 Å². The Morgan fingerprint density at radius 2 is 2.06 bits per heavy atom. The third kappa shape index (κ3) is 1.87. The van der Waals surface area contributed by atoms with Crippen molar-refractivity contribution in [3.8, 4) is 11.5 Å². The lowest BCUT2D eigenvalue weighted by molar-refractivity contribution is -0.107. The van der Waals surface area contributed by atoms with Gasteiger partial charge in [0.05, 0.1) is 5.70 Å². The van der Waals surface area contributed by atoms with Crippen molar-refractivity contribution in [3.05, 3.63) is 29.5 Å². The summed E-state index contributed by atoms with van der Waals surface area (Å²) in [6.45, 7) is 0.209. The number of rotatable bonds is 1. The summed E-state index contributed by atoms with van der Waals surface area (Å²) >= 11 is 0.660. The number of fused-ring (bicyclic) bond motifs is 1. The third-order valence-corrected chi connectivity index (χ3v) is 3.04. The molecule has 17 heavy (non-hydrogen) atoms. The topological polar surface area (TPSA) is 64.6 Å². The number of amides is 1. The molecule has 1 saturated heterocycles. The summed E-state index contributed by atoms with van der Waals surface area (Å²) in [5, 5.41) is 1.87. The Morgan fingerprint density at radius 1 is 1.24 bits per heavy atom. The van der Waals surface area contributed by atoms with Crippen LogP contribution in [0.4, 0.5) is 4.79 Å². The lowest BCUT2D eigenvalue weighted by Crippen LogP contribution is -2.10. The van der Waals surface area contributed by atoms with Gasteiger partial charge in [-0.2, -0.15) is 0 Å². The number of ether oxygens (including phenoxy) is 2. The van der Waals surface area contributed by atoms with Crippen LogP contribution in [0, 0.1) is 0 Å². The number of carbonyl (C=O) groups excluding carboxylic acids is 2. The van der Waals surface area contributed by atoms with E-state index in [0.29, 0.717) is 29.0 Å². The van der Waals surface area contributed by atoms with Crippen molar-refractivity contribution in [3.63, 3.8) is 0 Å². The average Bonchev–Trinajstić information content (AvgIpc) is 2.85. The molecule has 0 aromatic heterocycles. The molecule has 2 heterocycles. The van der Waals surface area contributed by atoms with E-state index >= 15 is 0 Å². The van der Waals surface area contributed by atoms with Crippen molar-refractivity contribution in [2.45, 2.75) is 0 Å². The number of benzene rings is 1. The molecule has 3 rings (SSSR count). The van der Waals surface area contributed by atoms with Gasteiger partial charge < -0.3 is 14.8 Å². The fraction of sp³-hybridized carbons (Fsp3) is 0.0909. The lowest BCUT2D eigenvalue weighted by Gasteiger charge is -1.99. The molecule has 1 amide bonds. The van der Waals surface area contributed by atoms with E-state index in [4.69, 9.17) is 9.47 Å². The van der Waals surface area contributed by atoms with E-state index in [2.05, 4.69) is 5.32 Å². The minimum atomic E-state index is -0.345. The maximum Gasteiger partial charge on any atom is 0.291 e. The van der Waals surface area contributed by atoms with Crippen molar-refractivity contribution >= 4 is 28.2 Å². The second-order valence-electron chi connectivity index (χ2n) is 3.47. The van der Waals surface area contributed by atoms with E-state index < -0.39 is 0 Å². The standard InChI is InChI=1S/C11H7NO4S/c13-10-7(12-11(14)17-10)3-6-1-2-8-9(4-6)16-5-15-8/h1-4H,5H2,(H,12,14). The van der Waals surface area contributed by atoms with Gasteiger partial charge in [0.15, 0.2) is 11.5 Å². The van der Waals surface area contributed by atoms with Crippen LogP contribution in [0.5, 0.6) is 11.5 Å². The van der Waals surface area contributed by atoms with E-state index in [1.165, 1.54) is 0 Å². The zero-order valence-electron chi connectivity index (χ0n) is 8.56. The molecule has 2 aliphatic rings. The second-order valence-corrected chi connectivity index (χ2v) is 4.42. The third-order valence-electron chi connectivity index (χ3n) is 2.35. The summed E-state index contributed by atoms with van der Waals surface area (Å²) in [7, 11) is 0. The molecule has 2 aliphatic heterocycles. The summed E-state index contributed by atoms with van der Waals surface area (Å²) in [4.78, 5) is 22.4. The van der Waals surface area contributed by atoms with Gasteiger partial charge in [-0.05, 0) is 23.8 Å². The van der Waals surface area contributed by atoms with Crippen LogP contribution in [-0.2, 0) is 4.79 Å². The Bertz CT molecular complexity index is 552. The number of carbonyl (C=O) groups is 2. The van der Waals surface area contributed by atoms with Crippen molar-refractivity contribution in [1.29, 1.82) is 0 Å². The van der Waals surface area contributed by atoms with Crippen molar-refractivity contribution in [1.82, 2.24) is 5.32 Å². The number of nitrogens with one attached hydrogen (secondary N) is 1. The normalized spacial score (nSPS) is 19.9. The SMILES string of the molecule is O=C1NC(=Cc2ccc3c(c2)OCO3)C(=O)S1. The fourth-order valence-corrected chi connectivity index (χ4v) is 2.14. The Labute approximate surface area is 101 Å². The predicted molar refractivity (Wildman–Crippen MR) is 61.7 cm³/mol. The Balaban J connectivity index is 1.93. The molecule has 1 aromatic carbocycles. The molecule has 0 spiro atoms. The maximum atomic E-state index is 11.4. The highest BCUT2D eigenvalue weighted by molar-refractivity contribution is 8.27. The Hall–Kier alpha value is -1.95. The van der Waals surface area contributed by atoms with E-state index in [1.807, 2.05) is 0 Å². The lowest BCUT2D eigenvalue weighted by atomic mass is 10.1. The Morgan fingerprint density at radius 3 is 2.82 bits per heavy atom. The highest BCUT2D eigenvalue weighted by Crippen LogP contribution is 2.33. The van der Waals surface area contributed by atoms with Gasteiger partial charge >= 0.3 is 0 Å². The van der Waals surface area contributed by atoms with Crippen LogP contribution in [-0.4, -0.2) is 17.1 Å². The molecule has 0 radical (unpaired) electrons. The molecule has 0 saturated carbocycles. The first-order chi connectivity index (χ1) is 8.22. The molecular formula is C11H7NO4S. The summed E-state index contributed by atoms with van der Waals surface area (Å²) < 4.78 is 10.4. The van der Waals surface area contributed by atoms with Crippen molar-refractivity contribution < 1.29 is 19.1 Å². The van der Waals surface area contributed by atoms with E-state index in [1.54, 1.807) is 24.3 Å². The van der Waals surface area contributed by atoms with Crippen LogP contribution >= 0.6 is 11.8 Å². The molecule has 6 heteroatoms. The van der Waals surface area contributed by atoms with Crippen LogP contribution in [0.15, 0.2) is 23.9 Å². The van der Waals surface area contributed by atoms with Crippen LogP contribution in [0.1, 0.15) is 5.56 Å². The summed E-state index contributed by atoms with van der Waals surface area (Å²) in [5.74, 6) is 1.33. The molecule has 0 aliphatic carbocycles. The minimum Gasteiger partial charge on any atom is -0.454 e. The number of hydrogen-bond acceptors (Lipinski definition) is 5. The molecule has 1 aromatic rings. The zero-order chi connectivity index (χ0) is 11.8. The van der Waals surface area contributed by atoms with Gasteiger partial charge in [0.1, 0.15) is 0 Å². The van der Waals surface area contributed by atoms with Crippen LogP contribution in [0.25, 0.3) is 6.08 Å². The van der Waals surface area contributed by atoms with Crippen molar-refractivity contribution in [2.24, 2.45) is 0 Å². The molecule has 0 atom stereocenters. The van der Waals surface area contributed by atoms with Gasteiger partial charge in [0, 0.05) is 11.8 Å². The summed E-state index contributed by atoms with van der Waals surface area (Å²) in [6.07, 6.45) is 1.61. The average molecular weight is 249 g/mol. The van der Waals surface area contributed by atoms with E-state index in [0.717, 1.165) is 5.56 Å². The highest BCUT2D eigenvalue weighted by atomic mass is 32.2. The largest absolute Gasteiger partial charge is 0.454 e. The first kappa shape index (κ1) is 10.2. The molecule has 86 valence electrons. The summed E-state index contributed by atoms with van der Waals surface area (Å²) in [5.41, 5.74) is 1.07. The first-order valence-corrected chi connectivity index (χ1v) is 5.68. The Kier molecular flexibility index (Phi) is 2.29. The summed E-state index contributed by atoms with van der Waals surface area (Å²) in [6, 6.07) is 5.32. The fourth-order valence-electron chi connectivity index (χ4n) is 1.59. The smallest absolute Gasteiger partial charge is 0.291 e. The molecular weight excluding hydrogens is 242 g/mol. The van der Waals surface area contributed by atoms with Crippen LogP contribution in [0.3, 0.4) is 0 Å². The van der Waals surface area contributed by atoms with Gasteiger partial charge in [-0.1, -0.05) is 6.07 Å². The molecule has 0 unspecified atom stereocenters. The molecule has 5 nitrogen and oxygen atoms in total. The highest BCUT2D eigenvalue weighted by Gasteiger charge is 2.25. The van der Waals surface area contributed by atoms with E-state index in [9.17, 15) is 9.59 Å². The van der Waals surface area contributed by atoms with Crippen LogP contribution in [0.2, 0.25) is 0 Å². The maximum absolute atomic E-state index is 11.4. The van der Waals surface area contributed by atoms with Gasteiger partial charge in [0.25, 0.3) is 5.24 Å². The van der Waals surface area contributed by atoms with Crippen LogP contribution < -0.4 is 14.8 Å². The quantitative estimate of drug-likeness (QED) is 0.768. The second kappa shape index (κ2) is 3.81. The molecule has 1 N–H and O–H groups in total. The van der Waals surface area contributed by atoms with Crippen molar-refractivity contribution in [2.75, 3.05) is 6.79 Å². The van der Waals surface area contributed by atoms with Gasteiger partial charge in [-0.15, -0.1) is 0 Å². The molecule has 1 fully saturated rings. The zero-order valence-corrected chi connectivity index (χ0v) is 9.37. The molecule has 0 bridgehead atoms. The monoisotopic (exact) mass is 249 g/mol. The first-order valence-electron chi connectivity index (χ1n) is 4.87. The van der Waals surface area contributed by atoms with Gasteiger partial charge in [-0.3, -0.25) is 9.59 Å². The van der Waals surface area contributed by atoms with E-state index in [-0.39, 0.29) is 17.1 Å². The predicted octanol–water partition coefficient (Wildman–Crippen LogP) is 1.74. The number of hydrogen-bond donors (Lipinski definition) is 1.